The second kappa shape index (κ2) is 6.27. The molecule has 0 heterocycles. The number of carbonyl (C=O) groups excluding carboxylic acids is 2. The average molecular weight is 242 g/mol. The van der Waals surface area contributed by atoms with Crippen molar-refractivity contribution >= 4 is 24.0 Å². The summed E-state index contributed by atoms with van der Waals surface area (Å²) >= 11 is 1.33. The molecule has 0 fully saturated rings. The lowest BCUT2D eigenvalue weighted by Gasteiger charge is -2.03. The Hall–Kier alpha value is -1.36. The van der Waals surface area contributed by atoms with Crippen LogP contribution in [0.3, 0.4) is 0 Å². The monoisotopic (exact) mass is 242 g/mol. The van der Waals surface area contributed by atoms with Gasteiger partial charge in [-0.3, -0.25) is 9.59 Å². The van der Waals surface area contributed by atoms with Gasteiger partial charge < -0.3 is 4.74 Å². The maximum absolute atomic E-state index is 12.8. The van der Waals surface area contributed by atoms with E-state index in [9.17, 15) is 14.0 Å². The predicted molar refractivity (Wildman–Crippen MR) is 59.1 cm³/mol. The summed E-state index contributed by atoms with van der Waals surface area (Å²) in [5.74, 6) is -0.249. The van der Waals surface area contributed by atoms with Crippen LogP contribution in [0.15, 0.2) is 23.1 Å². The maximum atomic E-state index is 12.8. The van der Waals surface area contributed by atoms with Crippen molar-refractivity contribution in [1.82, 2.24) is 0 Å². The highest BCUT2D eigenvalue weighted by molar-refractivity contribution is 7.99. The highest BCUT2D eigenvalue weighted by Gasteiger charge is 2.06. The first-order valence-corrected chi connectivity index (χ1v) is 5.60. The van der Waals surface area contributed by atoms with Crippen molar-refractivity contribution in [1.29, 1.82) is 0 Å². The van der Waals surface area contributed by atoms with Crippen LogP contribution in [0.5, 0.6) is 0 Å². The zero-order chi connectivity index (χ0) is 12.0. The summed E-state index contributed by atoms with van der Waals surface area (Å²) in [6, 6.07) is 3.99. The van der Waals surface area contributed by atoms with Gasteiger partial charge in [0.2, 0.25) is 0 Å². The number of hydrogen-bond acceptors (Lipinski definition) is 4. The van der Waals surface area contributed by atoms with Crippen LogP contribution in [0.1, 0.15) is 16.8 Å². The number of methoxy groups -OCH3 is 1. The van der Waals surface area contributed by atoms with Crippen LogP contribution >= 0.6 is 11.8 Å². The lowest BCUT2D eigenvalue weighted by atomic mass is 10.2. The first-order chi connectivity index (χ1) is 7.67. The summed E-state index contributed by atoms with van der Waals surface area (Å²) < 4.78 is 17.3. The Labute approximate surface area is 97.0 Å². The fraction of sp³-hybridized carbons (Fsp3) is 0.273. The first kappa shape index (κ1) is 12.7. The minimum absolute atomic E-state index is 0.261. The molecular weight excluding hydrogens is 231 g/mol. The molecule has 0 unspecified atom stereocenters. The van der Waals surface area contributed by atoms with Gasteiger partial charge in [0.1, 0.15) is 5.82 Å². The molecule has 1 aromatic carbocycles. The molecule has 1 rings (SSSR count). The van der Waals surface area contributed by atoms with E-state index in [-0.39, 0.29) is 12.4 Å². The van der Waals surface area contributed by atoms with Crippen molar-refractivity contribution in [2.24, 2.45) is 0 Å². The number of carbonyl (C=O) groups is 2. The Kier molecular flexibility index (Phi) is 4.98. The third-order valence-electron chi connectivity index (χ3n) is 1.89. The second-order valence-corrected chi connectivity index (χ2v) is 4.11. The molecule has 1 aromatic rings. The summed E-state index contributed by atoms with van der Waals surface area (Å²) in [5.41, 5.74) is 0.301. The maximum Gasteiger partial charge on any atom is 0.306 e. The largest absolute Gasteiger partial charge is 0.469 e. The van der Waals surface area contributed by atoms with E-state index in [0.29, 0.717) is 22.5 Å². The molecule has 3 nitrogen and oxygen atoms in total. The molecule has 0 atom stereocenters. The fourth-order valence-electron chi connectivity index (χ4n) is 1.09. The van der Waals surface area contributed by atoms with Crippen LogP contribution < -0.4 is 0 Å². The van der Waals surface area contributed by atoms with E-state index in [1.54, 1.807) is 0 Å². The normalized spacial score (nSPS) is 9.88. The molecule has 0 saturated carbocycles. The fourth-order valence-corrected chi connectivity index (χ4v) is 2.02. The zero-order valence-electron chi connectivity index (χ0n) is 8.73. The molecule has 0 aliphatic heterocycles. The molecule has 16 heavy (non-hydrogen) atoms. The molecule has 0 amide bonds. The van der Waals surface area contributed by atoms with Gasteiger partial charge in [-0.1, -0.05) is 0 Å². The number of rotatable bonds is 5. The molecule has 5 heteroatoms. The topological polar surface area (TPSA) is 43.4 Å². The van der Waals surface area contributed by atoms with E-state index in [0.717, 1.165) is 0 Å². The Morgan fingerprint density at radius 1 is 1.56 bits per heavy atom. The summed E-state index contributed by atoms with van der Waals surface area (Å²) in [7, 11) is 1.32. The van der Waals surface area contributed by atoms with Crippen LogP contribution in [-0.2, 0) is 9.53 Å². The number of ether oxygens (including phenoxy) is 1. The van der Waals surface area contributed by atoms with E-state index in [1.807, 2.05) is 0 Å². The minimum atomic E-state index is -0.445. The number of benzene rings is 1. The molecule has 0 radical (unpaired) electrons. The van der Waals surface area contributed by atoms with E-state index in [4.69, 9.17) is 0 Å². The van der Waals surface area contributed by atoms with Crippen LogP contribution in [-0.4, -0.2) is 25.1 Å². The highest BCUT2D eigenvalue weighted by Crippen LogP contribution is 2.23. The summed E-state index contributed by atoms with van der Waals surface area (Å²) in [5, 5.41) is 0. The molecule has 86 valence electrons. The van der Waals surface area contributed by atoms with Crippen molar-refractivity contribution in [2.45, 2.75) is 11.3 Å². The first-order valence-electron chi connectivity index (χ1n) is 4.61. The smallest absolute Gasteiger partial charge is 0.306 e. The number of aldehydes is 1. The molecule has 0 aromatic heterocycles. The van der Waals surface area contributed by atoms with Crippen molar-refractivity contribution in [3.63, 3.8) is 0 Å². The van der Waals surface area contributed by atoms with E-state index < -0.39 is 5.82 Å². The molecule has 0 aliphatic rings. The molecule has 0 saturated heterocycles. The van der Waals surface area contributed by atoms with E-state index in [2.05, 4.69) is 4.74 Å². The van der Waals surface area contributed by atoms with Gasteiger partial charge >= 0.3 is 5.97 Å². The molecule has 0 bridgehead atoms. The molecule has 0 aliphatic carbocycles. The van der Waals surface area contributed by atoms with Crippen molar-refractivity contribution in [2.75, 3.05) is 12.9 Å². The lowest BCUT2D eigenvalue weighted by Crippen LogP contribution is -2.01. The number of halogens is 1. The van der Waals surface area contributed by atoms with Gasteiger partial charge in [0.15, 0.2) is 6.29 Å². The highest BCUT2D eigenvalue weighted by atomic mass is 32.2. The molecular formula is C11H11FO3S. The van der Waals surface area contributed by atoms with Crippen LogP contribution in [0.4, 0.5) is 4.39 Å². The number of hydrogen-bond donors (Lipinski definition) is 0. The minimum Gasteiger partial charge on any atom is -0.469 e. The van der Waals surface area contributed by atoms with Gasteiger partial charge in [-0.2, -0.15) is 0 Å². The third kappa shape index (κ3) is 3.66. The molecule has 0 spiro atoms. The predicted octanol–water partition coefficient (Wildman–Crippen LogP) is 2.29. The van der Waals surface area contributed by atoms with Crippen LogP contribution in [0, 0.1) is 5.82 Å². The van der Waals surface area contributed by atoms with E-state index in [1.165, 1.54) is 37.1 Å². The Morgan fingerprint density at radius 3 is 2.94 bits per heavy atom. The zero-order valence-corrected chi connectivity index (χ0v) is 9.55. The van der Waals surface area contributed by atoms with Gasteiger partial charge in [-0.25, -0.2) is 4.39 Å². The van der Waals surface area contributed by atoms with Crippen LogP contribution in [0.2, 0.25) is 0 Å². The Bertz CT molecular complexity index is 393. The van der Waals surface area contributed by atoms with Crippen molar-refractivity contribution in [3.05, 3.63) is 29.6 Å². The second-order valence-electron chi connectivity index (χ2n) is 2.97. The van der Waals surface area contributed by atoms with E-state index >= 15 is 0 Å². The average Bonchev–Trinajstić information content (AvgIpc) is 2.30. The Balaban J connectivity index is 2.60. The summed E-state index contributed by atoms with van der Waals surface area (Å²) in [6.07, 6.45) is 0.862. The summed E-state index contributed by atoms with van der Waals surface area (Å²) in [4.78, 5) is 22.2. The van der Waals surface area contributed by atoms with Gasteiger partial charge in [0, 0.05) is 16.2 Å². The van der Waals surface area contributed by atoms with Gasteiger partial charge in [-0.15, -0.1) is 11.8 Å². The third-order valence-corrected chi connectivity index (χ3v) is 2.98. The summed E-state index contributed by atoms with van der Waals surface area (Å²) in [6.45, 7) is 0. The molecule has 0 N–H and O–H groups in total. The number of esters is 1. The van der Waals surface area contributed by atoms with Gasteiger partial charge in [0.25, 0.3) is 0 Å². The standard InChI is InChI=1S/C11H11FO3S/c1-15-11(14)4-5-16-10-3-2-9(12)6-8(10)7-13/h2-3,6-7H,4-5H2,1H3. The van der Waals surface area contributed by atoms with Gasteiger partial charge in [-0.05, 0) is 18.2 Å². The van der Waals surface area contributed by atoms with Crippen molar-refractivity contribution < 1.29 is 18.7 Å². The van der Waals surface area contributed by atoms with Gasteiger partial charge in [0.05, 0.1) is 13.5 Å². The van der Waals surface area contributed by atoms with Crippen molar-refractivity contribution in [3.8, 4) is 0 Å². The quantitative estimate of drug-likeness (QED) is 0.451. The van der Waals surface area contributed by atoms with Crippen LogP contribution in [0.25, 0.3) is 0 Å². The number of thioether (sulfide) groups is 1. The Morgan fingerprint density at radius 2 is 2.31 bits per heavy atom. The lowest BCUT2D eigenvalue weighted by molar-refractivity contribution is -0.140. The SMILES string of the molecule is COC(=O)CCSc1ccc(F)cc1C=O.